The lowest BCUT2D eigenvalue weighted by molar-refractivity contribution is -0.0771. The van der Waals surface area contributed by atoms with Gasteiger partial charge in [-0.25, -0.2) is 0 Å². The molecule has 0 aromatic carbocycles. The lowest BCUT2D eigenvalue weighted by Crippen LogP contribution is -2.41. The maximum absolute atomic E-state index is 6.20. The molecule has 0 radical (unpaired) electrons. The molecular formula is C12H25NO2. The van der Waals surface area contributed by atoms with E-state index < -0.39 is 0 Å². The van der Waals surface area contributed by atoms with Gasteiger partial charge >= 0.3 is 0 Å². The number of hydrogen-bond donors (Lipinski definition) is 1. The van der Waals surface area contributed by atoms with Crippen molar-refractivity contribution in [3.8, 4) is 0 Å². The van der Waals surface area contributed by atoms with Gasteiger partial charge in [-0.15, -0.1) is 0 Å². The number of rotatable bonds is 4. The smallest absolute Gasteiger partial charge is 0.0677 e. The third-order valence-corrected chi connectivity index (χ3v) is 3.32. The highest BCUT2D eigenvalue weighted by Gasteiger charge is 2.47. The molecular weight excluding hydrogens is 190 g/mol. The Bertz CT molecular complexity index is 214. The second kappa shape index (κ2) is 4.40. The van der Waals surface area contributed by atoms with Crippen LogP contribution < -0.4 is 5.73 Å². The van der Waals surface area contributed by atoms with E-state index in [-0.39, 0.29) is 17.2 Å². The SMILES string of the molecule is COCCC(N)C1CC(C)(C)OC1(C)C. The summed E-state index contributed by atoms with van der Waals surface area (Å²) in [4.78, 5) is 0. The molecule has 2 unspecified atom stereocenters. The number of methoxy groups -OCH3 is 1. The molecule has 90 valence electrons. The van der Waals surface area contributed by atoms with Crippen molar-refractivity contribution in [3.05, 3.63) is 0 Å². The van der Waals surface area contributed by atoms with Crippen LogP contribution in [0.25, 0.3) is 0 Å². The molecule has 1 aliphatic heterocycles. The molecule has 2 atom stereocenters. The van der Waals surface area contributed by atoms with Crippen molar-refractivity contribution in [2.75, 3.05) is 13.7 Å². The Morgan fingerprint density at radius 2 is 2.00 bits per heavy atom. The Hall–Kier alpha value is -0.120. The molecule has 0 amide bonds. The molecule has 2 N–H and O–H groups in total. The lowest BCUT2D eigenvalue weighted by atomic mass is 9.81. The van der Waals surface area contributed by atoms with E-state index >= 15 is 0 Å². The molecule has 0 saturated carbocycles. The van der Waals surface area contributed by atoms with Crippen LogP contribution in [0.2, 0.25) is 0 Å². The van der Waals surface area contributed by atoms with E-state index in [2.05, 4.69) is 27.7 Å². The van der Waals surface area contributed by atoms with Gasteiger partial charge in [-0.1, -0.05) is 0 Å². The van der Waals surface area contributed by atoms with Crippen molar-refractivity contribution in [3.63, 3.8) is 0 Å². The van der Waals surface area contributed by atoms with E-state index in [0.29, 0.717) is 5.92 Å². The minimum absolute atomic E-state index is 0.0428. The molecule has 1 aliphatic rings. The van der Waals surface area contributed by atoms with Crippen molar-refractivity contribution < 1.29 is 9.47 Å². The predicted octanol–water partition coefficient (Wildman–Crippen LogP) is 1.94. The number of ether oxygens (including phenoxy) is 2. The van der Waals surface area contributed by atoms with Gasteiger partial charge in [-0.2, -0.15) is 0 Å². The molecule has 0 aliphatic carbocycles. The fourth-order valence-electron chi connectivity index (χ4n) is 2.73. The van der Waals surface area contributed by atoms with Crippen molar-refractivity contribution >= 4 is 0 Å². The quantitative estimate of drug-likeness (QED) is 0.779. The van der Waals surface area contributed by atoms with Crippen molar-refractivity contribution in [1.29, 1.82) is 0 Å². The van der Waals surface area contributed by atoms with Crippen LogP contribution in [0.15, 0.2) is 0 Å². The monoisotopic (exact) mass is 215 g/mol. The third kappa shape index (κ3) is 3.16. The van der Waals surface area contributed by atoms with E-state index in [1.165, 1.54) is 0 Å². The summed E-state index contributed by atoms with van der Waals surface area (Å²) in [5.41, 5.74) is 6.04. The van der Waals surface area contributed by atoms with Gasteiger partial charge in [0.2, 0.25) is 0 Å². The zero-order chi connectivity index (χ0) is 11.7. The van der Waals surface area contributed by atoms with Crippen LogP contribution in [0.4, 0.5) is 0 Å². The van der Waals surface area contributed by atoms with Gasteiger partial charge < -0.3 is 15.2 Å². The standard InChI is InChI=1S/C12H25NO2/c1-11(2)8-9(12(3,4)15-11)10(13)6-7-14-5/h9-10H,6-8,13H2,1-5H3. The van der Waals surface area contributed by atoms with E-state index in [1.807, 2.05) is 0 Å². The Morgan fingerprint density at radius 1 is 1.40 bits per heavy atom. The first-order valence-electron chi connectivity index (χ1n) is 5.73. The second-order valence-corrected chi connectivity index (χ2v) is 5.72. The first kappa shape index (κ1) is 12.9. The molecule has 0 spiro atoms. The molecule has 3 heteroatoms. The molecule has 1 heterocycles. The lowest BCUT2D eigenvalue weighted by Gasteiger charge is -2.30. The summed E-state index contributed by atoms with van der Waals surface area (Å²) >= 11 is 0. The zero-order valence-electron chi connectivity index (χ0n) is 10.7. The minimum Gasteiger partial charge on any atom is -0.385 e. The van der Waals surface area contributed by atoms with Crippen LogP contribution in [0.1, 0.15) is 40.5 Å². The van der Waals surface area contributed by atoms with Crippen molar-refractivity contribution in [2.24, 2.45) is 11.7 Å². The predicted molar refractivity (Wildman–Crippen MR) is 61.8 cm³/mol. The normalized spacial score (nSPS) is 30.4. The van der Waals surface area contributed by atoms with Crippen LogP contribution in [0.3, 0.4) is 0 Å². The summed E-state index contributed by atoms with van der Waals surface area (Å²) in [7, 11) is 1.72. The van der Waals surface area contributed by atoms with Gasteiger partial charge in [0.05, 0.1) is 11.2 Å². The fourth-order valence-corrected chi connectivity index (χ4v) is 2.73. The van der Waals surface area contributed by atoms with Gasteiger partial charge in [0, 0.05) is 25.7 Å². The Labute approximate surface area is 93.3 Å². The van der Waals surface area contributed by atoms with Crippen LogP contribution in [-0.2, 0) is 9.47 Å². The van der Waals surface area contributed by atoms with Crippen LogP contribution in [0, 0.1) is 5.92 Å². The summed E-state index contributed by atoms with van der Waals surface area (Å²) in [6, 6.07) is 0.168. The molecule has 3 nitrogen and oxygen atoms in total. The highest BCUT2D eigenvalue weighted by molar-refractivity contribution is 4.98. The topological polar surface area (TPSA) is 44.5 Å². The van der Waals surface area contributed by atoms with Gasteiger partial charge in [-0.05, 0) is 40.5 Å². The molecule has 1 rings (SSSR count). The maximum atomic E-state index is 6.20. The summed E-state index contributed by atoms with van der Waals surface area (Å²) in [6.07, 6.45) is 1.94. The molecule has 0 bridgehead atoms. The first-order chi connectivity index (χ1) is 6.78. The Kier molecular flexibility index (Phi) is 3.80. The Morgan fingerprint density at radius 3 is 2.40 bits per heavy atom. The van der Waals surface area contributed by atoms with Crippen molar-refractivity contribution in [1.82, 2.24) is 0 Å². The first-order valence-corrected chi connectivity index (χ1v) is 5.73. The largest absolute Gasteiger partial charge is 0.385 e. The average molecular weight is 215 g/mol. The van der Waals surface area contributed by atoms with E-state index in [4.69, 9.17) is 15.2 Å². The third-order valence-electron chi connectivity index (χ3n) is 3.32. The fraction of sp³-hybridized carbons (Fsp3) is 1.00. The highest BCUT2D eigenvalue weighted by atomic mass is 16.5. The number of hydrogen-bond acceptors (Lipinski definition) is 3. The van der Waals surface area contributed by atoms with E-state index in [9.17, 15) is 0 Å². The zero-order valence-corrected chi connectivity index (χ0v) is 10.7. The summed E-state index contributed by atoms with van der Waals surface area (Å²) in [5, 5.41) is 0. The molecule has 15 heavy (non-hydrogen) atoms. The van der Waals surface area contributed by atoms with Crippen LogP contribution in [0.5, 0.6) is 0 Å². The molecule has 0 aromatic rings. The average Bonchev–Trinajstić information content (AvgIpc) is 2.30. The Balaban J connectivity index is 2.61. The van der Waals surface area contributed by atoms with Crippen molar-refractivity contribution in [2.45, 2.75) is 57.8 Å². The van der Waals surface area contributed by atoms with Gasteiger partial charge in [0.1, 0.15) is 0 Å². The summed E-state index contributed by atoms with van der Waals surface area (Å²) in [6.45, 7) is 9.28. The van der Waals surface area contributed by atoms with E-state index in [0.717, 1.165) is 19.4 Å². The minimum atomic E-state index is -0.114. The molecule has 1 saturated heterocycles. The highest BCUT2D eigenvalue weighted by Crippen LogP contribution is 2.43. The van der Waals surface area contributed by atoms with Crippen LogP contribution >= 0.6 is 0 Å². The molecule has 0 aromatic heterocycles. The van der Waals surface area contributed by atoms with Gasteiger partial charge in [-0.3, -0.25) is 0 Å². The maximum Gasteiger partial charge on any atom is 0.0677 e. The summed E-state index contributed by atoms with van der Waals surface area (Å²) in [5.74, 6) is 0.419. The van der Waals surface area contributed by atoms with Crippen LogP contribution in [-0.4, -0.2) is 31.0 Å². The van der Waals surface area contributed by atoms with Gasteiger partial charge in [0.15, 0.2) is 0 Å². The van der Waals surface area contributed by atoms with Gasteiger partial charge in [0.25, 0.3) is 0 Å². The molecule has 1 fully saturated rings. The second-order valence-electron chi connectivity index (χ2n) is 5.72. The van der Waals surface area contributed by atoms with E-state index in [1.54, 1.807) is 7.11 Å². The summed E-state index contributed by atoms with van der Waals surface area (Å²) < 4.78 is 11.1. The number of nitrogens with two attached hydrogens (primary N) is 1.